The summed E-state index contributed by atoms with van der Waals surface area (Å²) in [6.45, 7) is 0.422. The second kappa shape index (κ2) is 15.5. The fraction of sp³-hybridized carbons (Fsp3) is 0.0690. The summed E-state index contributed by atoms with van der Waals surface area (Å²) >= 11 is 0. The van der Waals surface area contributed by atoms with Crippen molar-refractivity contribution in [3.05, 3.63) is 211 Å². The third-order valence-electron chi connectivity index (χ3n) is 11.7. The predicted octanol–water partition coefficient (Wildman–Crippen LogP) is 15.1. The van der Waals surface area contributed by atoms with Crippen molar-refractivity contribution in [1.29, 1.82) is 0 Å². The minimum atomic E-state index is -2.98. The number of anilines is 2. The fourth-order valence-corrected chi connectivity index (χ4v) is 8.91. The Balaban J connectivity index is 0.00000660. The van der Waals surface area contributed by atoms with E-state index in [-0.39, 0.29) is 71.3 Å². The zero-order valence-corrected chi connectivity index (χ0v) is 36.3. The Hall–Kier alpha value is -7.33. The van der Waals surface area contributed by atoms with Gasteiger partial charge in [0.1, 0.15) is 5.82 Å². The van der Waals surface area contributed by atoms with Crippen LogP contribution in [-0.2, 0) is 21.1 Å². The average Bonchev–Trinajstić information content (AvgIpc) is 4.17. The van der Waals surface area contributed by atoms with Crippen molar-refractivity contribution in [3.63, 3.8) is 0 Å². The number of rotatable bonds is 5. The van der Waals surface area contributed by atoms with Gasteiger partial charge in [-0.05, 0) is 99.9 Å². The minimum Gasteiger partial charge on any atom is -0.509 e. The molecule has 64 heavy (non-hydrogen) atoms. The van der Waals surface area contributed by atoms with Crippen molar-refractivity contribution < 1.29 is 46.4 Å². The van der Waals surface area contributed by atoms with Crippen LogP contribution in [0.3, 0.4) is 0 Å². The van der Waals surface area contributed by atoms with E-state index in [1.165, 1.54) is 22.8 Å². The quantitative estimate of drug-likeness (QED) is 0.161. The molecular weight excluding hydrogens is 964 g/mol. The van der Waals surface area contributed by atoms with E-state index in [1.54, 1.807) is 6.07 Å². The van der Waals surface area contributed by atoms with Gasteiger partial charge in [-0.25, -0.2) is 4.98 Å². The minimum absolute atomic E-state index is 0. The molecule has 0 radical (unpaired) electrons. The summed E-state index contributed by atoms with van der Waals surface area (Å²) in [5.41, 5.74) is 3.77. The third kappa shape index (κ3) is 6.25. The second-order valence-corrected chi connectivity index (χ2v) is 15.5. The Labute approximate surface area is 407 Å². The van der Waals surface area contributed by atoms with Gasteiger partial charge in [0.15, 0.2) is 0 Å². The first-order valence-corrected chi connectivity index (χ1v) is 20.2. The Kier molecular flexibility index (Phi) is 6.37. The topological polar surface area (TPSA) is 35.2 Å². The van der Waals surface area contributed by atoms with Gasteiger partial charge in [-0.3, -0.25) is 0 Å². The molecule has 5 nitrogen and oxygen atoms in total. The Morgan fingerprint density at radius 1 is 0.625 bits per heavy atom. The van der Waals surface area contributed by atoms with E-state index >= 15 is 0 Å². The molecule has 0 aliphatic carbocycles. The average molecular weight is 1020 g/mol. The van der Waals surface area contributed by atoms with Gasteiger partial charge < -0.3 is 18.8 Å². The molecule has 0 unspecified atom stereocenters. The van der Waals surface area contributed by atoms with Gasteiger partial charge in [0.2, 0.25) is 0 Å². The molecule has 1 aliphatic heterocycles. The number of aromatic nitrogens is 3. The van der Waals surface area contributed by atoms with Gasteiger partial charge in [-0.2, -0.15) is 12.1 Å². The number of benzene rings is 8. The van der Waals surface area contributed by atoms with Crippen LogP contribution >= 0.6 is 0 Å². The summed E-state index contributed by atoms with van der Waals surface area (Å²) in [6, 6.07) is 35.4. The number of fused-ring (bicyclic) bond motifs is 10. The first-order valence-electron chi connectivity index (χ1n) is 27.7. The third-order valence-corrected chi connectivity index (χ3v) is 11.7. The molecule has 12 rings (SSSR count). The Bertz CT molecular complexity index is 4500. The first-order chi connectivity index (χ1) is 37.0. The molecule has 3 aromatic heterocycles. The SMILES string of the molecule is [2H]c1c([2H])c([2H])c(-c2cnc(-n3c4[c-]c(Oc5[c-]c(N6[CH-]n7c8c(C)cccc8c8cc(C)ccc8c8ccccc8c8cccc6c87)ccc5C([2H])([2H])[2H])ccc4c4c([2H])c([2H])c([2H])c([2H])c43)cc2C([2H])([2H])[2H])c([2H])c1[2H].[Pt]. The molecule has 0 N–H and O–H groups in total. The summed E-state index contributed by atoms with van der Waals surface area (Å²) in [4.78, 5) is 6.48. The maximum atomic E-state index is 9.14. The molecule has 312 valence electrons. The zero-order chi connectivity index (χ0) is 55.2. The summed E-state index contributed by atoms with van der Waals surface area (Å²) in [6.07, 6.45) is 1.06. The Morgan fingerprint density at radius 3 is 2.20 bits per heavy atom. The van der Waals surface area contributed by atoms with Gasteiger partial charge in [-0.15, -0.1) is 35.2 Å². The standard InChI is InChI=1S/C58H41N4O.Pt/c1-36-24-28-45-43-17-8-9-18-44(43)48-21-13-23-53-58(48)61(57-38(3)14-12-20-49(57)50(45)30-36)35-60(53)41-26-25-37(2)55(32-41)63-42-27-29-47-46-19-10-11-22-52(46)62(54(47)33-42)56-31-39(4)51(34-59-56)40-15-6-5-7-16-40;/h5-31,34-35H,1-4H3;/q-3;/i2D3,4D3,5D,6D,7D,10D,11D,15D,16D,19D,22D;. The molecule has 0 spiro atoms. The van der Waals surface area contributed by atoms with E-state index in [1.807, 2.05) is 35.8 Å². The van der Waals surface area contributed by atoms with Crippen LogP contribution in [0.25, 0.3) is 82.1 Å². The van der Waals surface area contributed by atoms with Gasteiger partial charge in [-0.1, -0.05) is 156 Å². The summed E-state index contributed by atoms with van der Waals surface area (Å²) < 4.78 is 139. The molecule has 4 heterocycles. The number of aryl methyl sites for hydroxylation is 4. The van der Waals surface area contributed by atoms with Gasteiger partial charge >= 0.3 is 0 Å². The first kappa shape index (κ1) is 26.3. The number of hydrogen-bond acceptors (Lipinski definition) is 3. The van der Waals surface area contributed by atoms with Crippen molar-refractivity contribution in [3.8, 4) is 28.4 Å². The predicted molar refractivity (Wildman–Crippen MR) is 261 cm³/mol. The molecule has 0 amide bonds. The number of hydrogen-bond donors (Lipinski definition) is 0. The van der Waals surface area contributed by atoms with Gasteiger partial charge in [0.05, 0.1) is 12.3 Å². The van der Waals surface area contributed by atoms with Crippen LogP contribution in [0.15, 0.2) is 170 Å². The van der Waals surface area contributed by atoms with Crippen molar-refractivity contribution in [2.75, 3.05) is 4.90 Å². The molecule has 0 fully saturated rings. The monoisotopic (exact) mass is 1020 g/mol. The number of para-hydroxylation sites is 3. The van der Waals surface area contributed by atoms with Crippen molar-refractivity contribution in [2.24, 2.45) is 0 Å². The molecule has 0 atom stereocenters. The molecule has 0 saturated carbocycles. The van der Waals surface area contributed by atoms with E-state index in [2.05, 4.69) is 90.1 Å². The van der Waals surface area contributed by atoms with Gasteiger partial charge in [0, 0.05) is 63.8 Å². The van der Waals surface area contributed by atoms with Crippen LogP contribution < -0.4 is 9.64 Å². The smallest absolute Gasteiger partial charge is 0.135 e. The zero-order valence-electron chi connectivity index (χ0n) is 49.1. The van der Waals surface area contributed by atoms with Crippen LogP contribution in [0.1, 0.15) is 42.8 Å². The number of pyridine rings is 1. The number of ether oxygens (including phenoxy) is 1. The largest absolute Gasteiger partial charge is 0.509 e. The summed E-state index contributed by atoms with van der Waals surface area (Å²) in [5.74, 6) is -0.436. The summed E-state index contributed by atoms with van der Waals surface area (Å²) in [7, 11) is 0. The van der Waals surface area contributed by atoms with E-state index in [0.717, 1.165) is 72.4 Å². The molecule has 0 saturated heterocycles. The van der Waals surface area contributed by atoms with Crippen molar-refractivity contribution in [1.82, 2.24) is 14.1 Å². The molecular formula is C58H41N4OPt-3. The van der Waals surface area contributed by atoms with E-state index in [0.29, 0.717) is 5.69 Å². The van der Waals surface area contributed by atoms with Crippen LogP contribution in [0.5, 0.6) is 11.5 Å². The van der Waals surface area contributed by atoms with Crippen LogP contribution in [0.4, 0.5) is 11.4 Å². The van der Waals surface area contributed by atoms with E-state index in [4.69, 9.17) is 25.3 Å². The maximum Gasteiger partial charge on any atom is 0.135 e. The Morgan fingerprint density at radius 2 is 1.36 bits per heavy atom. The molecule has 11 aromatic rings. The fourth-order valence-electron chi connectivity index (χ4n) is 8.91. The van der Waals surface area contributed by atoms with Crippen LogP contribution in [0.2, 0.25) is 0 Å². The summed E-state index contributed by atoms with van der Waals surface area (Å²) in [5, 5.41) is 6.47. The molecule has 6 heteroatoms. The van der Waals surface area contributed by atoms with Crippen LogP contribution in [0, 0.1) is 46.4 Å². The number of nitrogens with zero attached hydrogens (tertiary/aromatic N) is 4. The molecule has 1 aliphatic rings. The van der Waals surface area contributed by atoms with Crippen molar-refractivity contribution in [2.45, 2.75) is 27.6 Å². The van der Waals surface area contributed by atoms with Gasteiger partial charge in [0.25, 0.3) is 0 Å². The molecule has 8 aromatic carbocycles. The van der Waals surface area contributed by atoms with E-state index in [9.17, 15) is 0 Å². The van der Waals surface area contributed by atoms with Crippen LogP contribution in [-0.4, -0.2) is 14.1 Å². The maximum absolute atomic E-state index is 9.14. The van der Waals surface area contributed by atoms with Crippen molar-refractivity contribution >= 4 is 76.5 Å². The molecule has 0 bridgehead atoms. The second-order valence-electron chi connectivity index (χ2n) is 15.5. The van der Waals surface area contributed by atoms with E-state index < -0.39 is 79.2 Å². The normalized spacial score (nSPS) is 15.8.